The van der Waals surface area contributed by atoms with Crippen molar-refractivity contribution in [2.24, 2.45) is 11.5 Å². The SMILES string of the molecule is NC(=O)c1[nH]nnc1N.NC=O. The van der Waals surface area contributed by atoms with Crippen LogP contribution in [0.4, 0.5) is 5.82 Å². The second kappa shape index (κ2) is 4.66. The van der Waals surface area contributed by atoms with Gasteiger partial charge in [-0.2, -0.15) is 0 Å². The Morgan fingerprint density at radius 3 is 2.25 bits per heavy atom. The van der Waals surface area contributed by atoms with E-state index in [4.69, 9.17) is 16.3 Å². The molecule has 66 valence electrons. The summed E-state index contributed by atoms with van der Waals surface area (Å²) in [6.07, 6.45) is 0.250. The second-order valence-electron chi connectivity index (χ2n) is 1.57. The van der Waals surface area contributed by atoms with E-state index < -0.39 is 5.91 Å². The van der Waals surface area contributed by atoms with Crippen molar-refractivity contribution in [1.29, 1.82) is 0 Å². The highest BCUT2D eigenvalue weighted by Crippen LogP contribution is 1.98. The summed E-state index contributed by atoms with van der Waals surface area (Å²) in [5, 5.41) is 8.80. The van der Waals surface area contributed by atoms with E-state index in [0.29, 0.717) is 0 Å². The van der Waals surface area contributed by atoms with Gasteiger partial charge >= 0.3 is 0 Å². The van der Waals surface area contributed by atoms with Crippen LogP contribution in [0.3, 0.4) is 0 Å². The summed E-state index contributed by atoms with van der Waals surface area (Å²) < 4.78 is 0. The Hall–Kier alpha value is -2.12. The van der Waals surface area contributed by atoms with Crippen molar-refractivity contribution in [3.05, 3.63) is 5.69 Å². The molecule has 7 N–H and O–H groups in total. The average Bonchev–Trinajstić information content (AvgIpc) is 2.36. The van der Waals surface area contributed by atoms with Crippen LogP contribution in [0, 0.1) is 0 Å². The van der Waals surface area contributed by atoms with E-state index >= 15 is 0 Å². The summed E-state index contributed by atoms with van der Waals surface area (Å²) in [5.74, 6) is -0.625. The molecule has 8 nitrogen and oxygen atoms in total. The van der Waals surface area contributed by atoms with E-state index in [1.54, 1.807) is 0 Å². The van der Waals surface area contributed by atoms with Crippen molar-refractivity contribution in [3.63, 3.8) is 0 Å². The first-order valence-electron chi connectivity index (χ1n) is 2.75. The first-order chi connectivity index (χ1) is 5.63. The number of nitrogens with one attached hydrogen (secondary N) is 1. The van der Waals surface area contributed by atoms with Crippen LogP contribution in [0.2, 0.25) is 0 Å². The molecule has 0 aliphatic carbocycles. The minimum Gasteiger partial charge on any atom is -0.380 e. The molecule has 1 aromatic rings. The summed E-state index contributed by atoms with van der Waals surface area (Å²) in [7, 11) is 0. The number of aromatic nitrogens is 3. The minimum absolute atomic E-state index is 0.0301. The molecule has 12 heavy (non-hydrogen) atoms. The number of amides is 2. The number of carbonyl (C=O) groups excluding carboxylic acids is 2. The largest absolute Gasteiger partial charge is 0.380 e. The fraction of sp³-hybridized carbons (Fsp3) is 0. The molecule has 0 spiro atoms. The Morgan fingerprint density at radius 2 is 2.08 bits per heavy atom. The smallest absolute Gasteiger partial charge is 0.270 e. The summed E-state index contributed by atoms with van der Waals surface area (Å²) in [6, 6.07) is 0. The highest BCUT2D eigenvalue weighted by Gasteiger charge is 2.06. The first kappa shape index (κ1) is 9.88. The van der Waals surface area contributed by atoms with Gasteiger partial charge in [-0.15, -0.1) is 5.10 Å². The summed E-state index contributed by atoms with van der Waals surface area (Å²) in [5.41, 5.74) is 14.2. The molecule has 0 saturated carbocycles. The molecule has 0 unspecified atom stereocenters. The fourth-order valence-electron chi connectivity index (χ4n) is 0.417. The van der Waals surface area contributed by atoms with Crippen molar-refractivity contribution in [3.8, 4) is 0 Å². The summed E-state index contributed by atoms with van der Waals surface area (Å²) in [4.78, 5) is 18.9. The van der Waals surface area contributed by atoms with Crippen molar-refractivity contribution >= 4 is 18.1 Å². The van der Waals surface area contributed by atoms with Crippen molar-refractivity contribution in [2.45, 2.75) is 0 Å². The third-order valence-electron chi connectivity index (χ3n) is 0.822. The van der Waals surface area contributed by atoms with Gasteiger partial charge in [0.05, 0.1) is 0 Å². The number of H-pyrrole nitrogens is 1. The number of anilines is 1. The molecule has 1 aromatic heterocycles. The van der Waals surface area contributed by atoms with E-state index in [9.17, 15) is 4.79 Å². The average molecular weight is 172 g/mol. The molecule has 1 heterocycles. The quantitative estimate of drug-likeness (QED) is 0.347. The molecule has 2 amide bonds. The van der Waals surface area contributed by atoms with Crippen LogP contribution in [0.25, 0.3) is 0 Å². The maximum atomic E-state index is 10.3. The topological polar surface area (TPSA) is 154 Å². The van der Waals surface area contributed by atoms with Crippen molar-refractivity contribution < 1.29 is 9.59 Å². The molecule has 0 aliphatic heterocycles. The van der Waals surface area contributed by atoms with Gasteiger partial charge in [0.1, 0.15) is 0 Å². The fourth-order valence-corrected chi connectivity index (χ4v) is 0.417. The number of nitrogens with two attached hydrogens (primary N) is 3. The molecule has 0 atom stereocenters. The van der Waals surface area contributed by atoms with Crippen LogP contribution >= 0.6 is 0 Å². The molecule has 0 aromatic carbocycles. The molecule has 0 fully saturated rings. The molecular weight excluding hydrogens is 164 g/mol. The number of aromatic amines is 1. The summed E-state index contributed by atoms with van der Waals surface area (Å²) >= 11 is 0. The Balaban J connectivity index is 0.000000354. The third kappa shape index (κ3) is 2.64. The van der Waals surface area contributed by atoms with Gasteiger partial charge in [-0.1, -0.05) is 5.21 Å². The molecule has 0 aliphatic rings. The number of nitrogen functional groups attached to an aromatic ring is 1. The van der Waals surface area contributed by atoms with Crippen LogP contribution in [-0.4, -0.2) is 27.7 Å². The van der Waals surface area contributed by atoms with E-state index in [-0.39, 0.29) is 17.9 Å². The van der Waals surface area contributed by atoms with E-state index in [2.05, 4.69) is 21.1 Å². The standard InChI is InChI=1S/C3H5N5O.CH3NO/c4-2-1(3(5)9)6-8-7-2;2-1-3/h(H2,5,9)(H3,4,6,7,8);1H,(H2,2,3). The molecular formula is C4H8N6O2. The zero-order chi connectivity index (χ0) is 9.56. The molecule has 0 radical (unpaired) electrons. The van der Waals surface area contributed by atoms with Crippen LogP contribution in [0.5, 0.6) is 0 Å². The van der Waals surface area contributed by atoms with Crippen LogP contribution in [0.1, 0.15) is 10.5 Å². The molecule has 8 heteroatoms. The maximum Gasteiger partial charge on any atom is 0.270 e. The number of hydrogen-bond acceptors (Lipinski definition) is 5. The normalized spacial score (nSPS) is 8.00. The zero-order valence-electron chi connectivity index (χ0n) is 6.02. The van der Waals surface area contributed by atoms with Gasteiger partial charge in [0.2, 0.25) is 6.41 Å². The Labute approximate surface area is 67.1 Å². The third-order valence-corrected chi connectivity index (χ3v) is 0.822. The lowest BCUT2D eigenvalue weighted by Gasteiger charge is -1.84. The van der Waals surface area contributed by atoms with E-state index in [1.165, 1.54) is 0 Å². The number of rotatable bonds is 1. The lowest BCUT2D eigenvalue weighted by atomic mass is 10.4. The number of primary amides is 2. The highest BCUT2D eigenvalue weighted by atomic mass is 16.1. The van der Waals surface area contributed by atoms with E-state index in [0.717, 1.165) is 0 Å². The number of hydrogen-bond donors (Lipinski definition) is 4. The minimum atomic E-state index is -0.655. The van der Waals surface area contributed by atoms with Crippen molar-refractivity contribution in [1.82, 2.24) is 15.4 Å². The Kier molecular flexibility index (Phi) is 3.84. The van der Waals surface area contributed by atoms with Crippen LogP contribution in [0.15, 0.2) is 0 Å². The van der Waals surface area contributed by atoms with Gasteiger partial charge in [0, 0.05) is 0 Å². The van der Waals surface area contributed by atoms with Gasteiger partial charge in [0.15, 0.2) is 11.5 Å². The van der Waals surface area contributed by atoms with Crippen LogP contribution < -0.4 is 17.2 Å². The van der Waals surface area contributed by atoms with Gasteiger partial charge in [-0.25, -0.2) is 0 Å². The molecule has 0 saturated heterocycles. The van der Waals surface area contributed by atoms with Gasteiger partial charge < -0.3 is 17.2 Å². The van der Waals surface area contributed by atoms with Crippen LogP contribution in [-0.2, 0) is 4.79 Å². The second-order valence-corrected chi connectivity index (χ2v) is 1.57. The number of carbonyl (C=O) groups is 2. The summed E-state index contributed by atoms with van der Waals surface area (Å²) in [6.45, 7) is 0. The first-order valence-corrected chi connectivity index (χ1v) is 2.75. The van der Waals surface area contributed by atoms with E-state index in [1.807, 2.05) is 0 Å². The monoisotopic (exact) mass is 172 g/mol. The van der Waals surface area contributed by atoms with Gasteiger partial charge in [-0.3, -0.25) is 14.7 Å². The Bertz CT molecular complexity index is 268. The lowest BCUT2D eigenvalue weighted by Crippen LogP contribution is -2.13. The predicted molar refractivity (Wildman–Crippen MR) is 39.6 cm³/mol. The predicted octanol–water partition coefficient (Wildman–Crippen LogP) is -2.41. The highest BCUT2D eigenvalue weighted by molar-refractivity contribution is 5.94. The maximum absolute atomic E-state index is 10.3. The van der Waals surface area contributed by atoms with Gasteiger partial charge in [0.25, 0.3) is 5.91 Å². The van der Waals surface area contributed by atoms with Crippen molar-refractivity contribution in [2.75, 3.05) is 5.73 Å². The number of nitrogens with zero attached hydrogens (tertiary/aromatic N) is 2. The Morgan fingerprint density at radius 1 is 1.58 bits per heavy atom. The molecule has 0 bridgehead atoms. The molecule has 1 rings (SSSR count). The zero-order valence-corrected chi connectivity index (χ0v) is 6.02. The lowest BCUT2D eigenvalue weighted by molar-refractivity contribution is -0.106. The van der Waals surface area contributed by atoms with Gasteiger partial charge in [-0.05, 0) is 0 Å².